The maximum atomic E-state index is 14.0. The van der Waals surface area contributed by atoms with Gasteiger partial charge in [-0.15, -0.1) is 0 Å². The van der Waals surface area contributed by atoms with Gasteiger partial charge in [0.2, 0.25) is 0 Å². The highest BCUT2D eigenvalue weighted by atomic mass is 32.2. The van der Waals surface area contributed by atoms with Gasteiger partial charge in [0.15, 0.2) is 9.84 Å². The molecule has 0 saturated carbocycles. The van der Waals surface area contributed by atoms with E-state index in [0.29, 0.717) is 24.6 Å². The largest absolute Gasteiger partial charge is 0.418 e. The van der Waals surface area contributed by atoms with E-state index in [1.807, 2.05) is 4.90 Å². The molecule has 2 aromatic rings. The van der Waals surface area contributed by atoms with Gasteiger partial charge in [0, 0.05) is 31.6 Å². The van der Waals surface area contributed by atoms with E-state index < -0.39 is 43.9 Å². The molecule has 1 atom stereocenters. The lowest BCUT2D eigenvalue weighted by Crippen LogP contribution is -2.61. The van der Waals surface area contributed by atoms with Crippen molar-refractivity contribution in [2.75, 3.05) is 35.7 Å². The predicted octanol–water partition coefficient (Wildman–Crippen LogP) is 3.42. The van der Waals surface area contributed by atoms with Gasteiger partial charge in [-0.2, -0.15) is 13.2 Å². The molecule has 176 valence electrons. The molecular weight excluding hydrogens is 450 g/mol. The van der Waals surface area contributed by atoms with Crippen molar-refractivity contribution in [2.45, 2.75) is 43.5 Å². The van der Waals surface area contributed by atoms with Crippen LogP contribution in [0.1, 0.15) is 25.1 Å². The summed E-state index contributed by atoms with van der Waals surface area (Å²) in [6.07, 6.45) is -3.59. The van der Waals surface area contributed by atoms with Crippen LogP contribution in [0.5, 0.6) is 0 Å². The quantitative estimate of drug-likeness (QED) is 0.684. The Balaban J connectivity index is 1.95. The molecule has 1 unspecified atom stereocenters. The molecule has 0 aliphatic carbocycles. The van der Waals surface area contributed by atoms with Gasteiger partial charge < -0.3 is 14.9 Å². The van der Waals surface area contributed by atoms with Crippen LogP contribution in [-0.4, -0.2) is 56.0 Å². The van der Waals surface area contributed by atoms with E-state index in [1.54, 1.807) is 18.7 Å². The third kappa shape index (κ3) is 4.98. The van der Waals surface area contributed by atoms with Crippen molar-refractivity contribution >= 4 is 21.3 Å². The second-order valence-electron chi connectivity index (χ2n) is 8.50. The number of nitrogens with zero attached hydrogens (tertiary/aromatic N) is 3. The summed E-state index contributed by atoms with van der Waals surface area (Å²) in [5.74, 6) is -0.545. The first-order chi connectivity index (χ1) is 14.6. The zero-order valence-corrected chi connectivity index (χ0v) is 18.9. The van der Waals surface area contributed by atoms with E-state index in [-0.39, 0.29) is 12.2 Å². The molecule has 0 bridgehead atoms. The number of halogens is 4. The third-order valence-corrected chi connectivity index (χ3v) is 6.66. The van der Waals surface area contributed by atoms with Crippen LogP contribution < -0.4 is 9.80 Å². The summed E-state index contributed by atoms with van der Waals surface area (Å²) in [6, 6.07) is 5.47. The Hall–Kier alpha value is -2.40. The number of piperazine rings is 1. The van der Waals surface area contributed by atoms with Gasteiger partial charge in [-0.25, -0.2) is 17.8 Å². The Morgan fingerprint density at radius 1 is 1.12 bits per heavy atom. The number of anilines is 2. The van der Waals surface area contributed by atoms with Crippen LogP contribution in [0, 0.1) is 12.7 Å². The van der Waals surface area contributed by atoms with Crippen molar-refractivity contribution in [1.82, 2.24) is 4.98 Å². The van der Waals surface area contributed by atoms with Crippen LogP contribution in [0.25, 0.3) is 0 Å². The molecule has 11 heteroatoms. The molecule has 1 aromatic heterocycles. The molecule has 1 N–H and O–H groups in total. The standard InChI is InChI=1S/C21H25F4N3O3S/c1-13-15(21(23,24)25)6-8-19(26-13)28-10-9-27(12-18(28)20(2,3)29)14-5-7-16(22)17(11-14)32(4,30)31/h5-8,11,18,29H,9-10,12H2,1-4H3. The number of benzene rings is 1. The summed E-state index contributed by atoms with van der Waals surface area (Å²) in [7, 11) is -3.77. The van der Waals surface area contributed by atoms with E-state index in [2.05, 4.69) is 4.98 Å². The minimum atomic E-state index is -4.51. The molecule has 0 radical (unpaired) electrons. The molecule has 6 nitrogen and oxygen atoms in total. The van der Waals surface area contributed by atoms with Crippen molar-refractivity contribution in [3.63, 3.8) is 0 Å². The minimum Gasteiger partial charge on any atom is -0.388 e. The van der Waals surface area contributed by atoms with Crippen molar-refractivity contribution in [1.29, 1.82) is 0 Å². The molecule has 0 amide bonds. The summed E-state index contributed by atoms with van der Waals surface area (Å²) >= 11 is 0. The number of hydrogen-bond acceptors (Lipinski definition) is 6. The van der Waals surface area contributed by atoms with Gasteiger partial charge in [0.1, 0.15) is 16.5 Å². The molecule has 3 rings (SSSR count). The molecule has 2 heterocycles. The summed E-state index contributed by atoms with van der Waals surface area (Å²) in [5, 5.41) is 10.8. The number of rotatable bonds is 4. The molecule has 1 aliphatic rings. The van der Waals surface area contributed by atoms with E-state index >= 15 is 0 Å². The maximum absolute atomic E-state index is 14.0. The summed E-state index contributed by atoms with van der Waals surface area (Å²) < 4.78 is 77.1. The van der Waals surface area contributed by atoms with Gasteiger partial charge in [-0.1, -0.05) is 0 Å². The minimum absolute atomic E-state index is 0.164. The van der Waals surface area contributed by atoms with Gasteiger partial charge in [0.05, 0.1) is 22.9 Å². The maximum Gasteiger partial charge on any atom is 0.418 e. The zero-order chi connectivity index (χ0) is 24.1. The van der Waals surface area contributed by atoms with Crippen molar-refractivity contribution in [3.8, 4) is 0 Å². The lowest BCUT2D eigenvalue weighted by Gasteiger charge is -2.47. The molecule has 32 heavy (non-hydrogen) atoms. The van der Waals surface area contributed by atoms with Crippen LogP contribution in [0.15, 0.2) is 35.2 Å². The first kappa shape index (κ1) is 24.2. The third-order valence-electron chi connectivity index (χ3n) is 5.55. The monoisotopic (exact) mass is 475 g/mol. The predicted molar refractivity (Wildman–Crippen MR) is 113 cm³/mol. The van der Waals surface area contributed by atoms with Crippen molar-refractivity contribution < 1.29 is 31.1 Å². The van der Waals surface area contributed by atoms with E-state index in [1.165, 1.54) is 25.1 Å². The second kappa shape index (κ2) is 8.18. The Morgan fingerprint density at radius 3 is 2.31 bits per heavy atom. The molecule has 1 fully saturated rings. The van der Waals surface area contributed by atoms with Crippen LogP contribution in [-0.2, 0) is 16.0 Å². The second-order valence-corrected chi connectivity index (χ2v) is 10.5. The van der Waals surface area contributed by atoms with Crippen molar-refractivity contribution in [3.05, 3.63) is 47.4 Å². The highest BCUT2D eigenvalue weighted by Crippen LogP contribution is 2.34. The molecule has 1 aliphatic heterocycles. The van der Waals surface area contributed by atoms with Crippen LogP contribution in [0.3, 0.4) is 0 Å². The van der Waals surface area contributed by atoms with Gasteiger partial charge >= 0.3 is 6.18 Å². The average molecular weight is 476 g/mol. The molecule has 1 aromatic carbocycles. The van der Waals surface area contributed by atoms with Gasteiger partial charge in [-0.3, -0.25) is 0 Å². The highest BCUT2D eigenvalue weighted by molar-refractivity contribution is 7.90. The lowest BCUT2D eigenvalue weighted by atomic mass is 9.94. The fraction of sp³-hybridized carbons (Fsp3) is 0.476. The highest BCUT2D eigenvalue weighted by Gasteiger charge is 2.39. The SMILES string of the molecule is Cc1nc(N2CCN(c3ccc(F)c(S(C)(=O)=O)c3)CC2C(C)(C)O)ccc1C(F)(F)F. The number of hydrogen-bond donors (Lipinski definition) is 1. The Labute approximate surface area is 184 Å². The average Bonchev–Trinajstić information content (AvgIpc) is 2.65. The van der Waals surface area contributed by atoms with Crippen LogP contribution in [0.2, 0.25) is 0 Å². The number of sulfone groups is 1. The molecule has 1 saturated heterocycles. The first-order valence-electron chi connectivity index (χ1n) is 9.87. The number of aliphatic hydroxyl groups is 1. The fourth-order valence-electron chi connectivity index (χ4n) is 3.88. The zero-order valence-electron chi connectivity index (χ0n) is 18.1. The Morgan fingerprint density at radius 2 is 1.78 bits per heavy atom. The van der Waals surface area contributed by atoms with Crippen molar-refractivity contribution in [2.24, 2.45) is 0 Å². The number of alkyl halides is 3. The van der Waals surface area contributed by atoms with Crippen LogP contribution in [0.4, 0.5) is 29.1 Å². The van der Waals surface area contributed by atoms with E-state index in [9.17, 15) is 31.1 Å². The smallest absolute Gasteiger partial charge is 0.388 e. The Bertz CT molecular complexity index is 1110. The van der Waals surface area contributed by atoms with E-state index in [0.717, 1.165) is 18.4 Å². The summed E-state index contributed by atoms with van der Waals surface area (Å²) in [5.41, 5.74) is -1.78. The van der Waals surface area contributed by atoms with E-state index in [4.69, 9.17) is 0 Å². The number of aromatic nitrogens is 1. The number of aryl methyl sites for hydroxylation is 1. The lowest BCUT2D eigenvalue weighted by molar-refractivity contribution is -0.138. The van der Waals surface area contributed by atoms with Gasteiger partial charge in [0.25, 0.3) is 0 Å². The van der Waals surface area contributed by atoms with Gasteiger partial charge in [-0.05, 0) is 51.1 Å². The summed E-state index contributed by atoms with van der Waals surface area (Å²) in [6.45, 7) is 5.34. The normalized spacial score (nSPS) is 18.2. The first-order valence-corrected chi connectivity index (χ1v) is 11.8. The molecule has 0 spiro atoms. The molecular formula is C21H25F4N3O3S. The topological polar surface area (TPSA) is 73.7 Å². The fourth-order valence-corrected chi connectivity index (χ4v) is 4.63. The Kier molecular flexibility index (Phi) is 6.20. The number of pyridine rings is 1. The van der Waals surface area contributed by atoms with Crippen LogP contribution >= 0.6 is 0 Å². The summed E-state index contributed by atoms with van der Waals surface area (Å²) in [4.78, 5) is 7.26.